The molecule has 2 N–H and O–H groups in total. The number of hydrogen-bond acceptors (Lipinski definition) is 2. The molecule has 0 saturated heterocycles. The van der Waals surface area contributed by atoms with Crippen molar-refractivity contribution in [3.8, 4) is 0 Å². The van der Waals surface area contributed by atoms with Crippen LogP contribution in [0.25, 0.3) is 0 Å². The Morgan fingerprint density at radius 2 is 2.00 bits per heavy atom. The van der Waals surface area contributed by atoms with Crippen LogP contribution >= 0.6 is 11.6 Å². The molecule has 1 amide bonds. The second-order valence-corrected chi connectivity index (χ2v) is 5.37. The molecule has 2 rings (SSSR count). The van der Waals surface area contributed by atoms with E-state index in [0.717, 1.165) is 31.2 Å². The van der Waals surface area contributed by atoms with Crippen LogP contribution in [0.2, 0.25) is 5.02 Å². The smallest absolute Gasteiger partial charge is 0.224 e. The highest BCUT2D eigenvalue weighted by Gasteiger charge is 2.34. The Balaban J connectivity index is 1.98. The molecule has 1 saturated carbocycles. The molecule has 1 fully saturated rings. The van der Waals surface area contributed by atoms with Crippen LogP contribution in [-0.4, -0.2) is 23.2 Å². The first kappa shape index (κ1) is 13.4. The Morgan fingerprint density at radius 3 is 2.61 bits per heavy atom. The third kappa shape index (κ3) is 3.03. The average Bonchev–Trinajstić information content (AvgIpc) is 2.81. The molecular weight excluding hydrogens is 250 g/mol. The van der Waals surface area contributed by atoms with Crippen molar-refractivity contribution in [2.45, 2.75) is 37.6 Å². The zero-order valence-corrected chi connectivity index (χ0v) is 11.0. The van der Waals surface area contributed by atoms with Gasteiger partial charge in [-0.05, 0) is 24.5 Å². The molecule has 1 aliphatic carbocycles. The number of carbonyl (C=O) groups excluding carboxylic acids is 1. The maximum atomic E-state index is 12.0. The van der Waals surface area contributed by atoms with Crippen LogP contribution in [0.4, 0.5) is 0 Å². The van der Waals surface area contributed by atoms with E-state index in [1.54, 1.807) is 6.07 Å². The Labute approximate surface area is 112 Å². The molecule has 0 bridgehead atoms. The van der Waals surface area contributed by atoms with Gasteiger partial charge < -0.3 is 10.4 Å². The highest BCUT2D eigenvalue weighted by Crippen LogP contribution is 2.29. The van der Waals surface area contributed by atoms with Crippen molar-refractivity contribution in [1.29, 1.82) is 0 Å². The summed E-state index contributed by atoms with van der Waals surface area (Å²) in [4.78, 5) is 12.0. The number of aliphatic hydroxyl groups excluding tert-OH is 1. The van der Waals surface area contributed by atoms with Gasteiger partial charge in [0.1, 0.15) is 0 Å². The molecule has 18 heavy (non-hydrogen) atoms. The maximum absolute atomic E-state index is 12.0. The number of nitrogens with one attached hydrogen (secondary N) is 1. The number of rotatable bonds is 4. The Kier molecular flexibility index (Phi) is 4.25. The predicted octanol–water partition coefficient (Wildman–Crippen LogP) is 2.30. The van der Waals surface area contributed by atoms with Crippen LogP contribution in [0.5, 0.6) is 0 Å². The van der Waals surface area contributed by atoms with Gasteiger partial charge in [-0.1, -0.05) is 42.6 Å². The quantitative estimate of drug-likeness (QED) is 0.880. The molecular formula is C14H18ClNO2. The molecule has 0 aromatic heterocycles. The normalized spacial score (nSPS) is 17.7. The number of amides is 1. The molecule has 0 heterocycles. The first-order valence-electron chi connectivity index (χ1n) is 6.30. The fourth-order valence-electron chi connectivity index (χ4n) is 2.53. The van der Waals surface area contributed by atoms with E-state index in [1.165, 1.54) is 0 Å². The minimum absolute atomic E-state index is 0.0151. The topological polar surface area (TPSA) is 49.3 Å². The second-order valence-electron chi connectivity index (χ2n) is 4.96. The van der Waals surface area contributed by atoms with Crippen LogP contribution in [0, 0.1) is 0 Å². The van der Waals surface area contributed by atoms with Gasteiger partial charge in [0.05, 0.1) is 18.6 Å². The highest BCUT2D eigenvalue weighted by atomic mass is 35.5. The van der Waals surface area contributed by atoms with Crippen LogP contribution in [0.3, 0.4) is 0 Å². The van der Waals surface area contributed by atoms with Crippen molar-refractivity contribution in [3.63, 3.8) is 0 Å². The lowest BCUT2D eigenvalue weighted by atomic mass is 9.98. The summed E-state index contributed by atoms with van der Waals surface area (Å²) in [5, 5.41) is 13.0. The highest BCUT2D eigenvalue weighted by molar-refractivity contribution is 6.31. The molecule has 0 radical (unpaired) electrons. The number of aliphatic hydroxyl groups is 1. The van der Waals surface area contributed by atoms with E-state index in [0.29, 0.717) is 5.02 Å². The monoisotopic (exact) mass is 267 g/mol. The molecule has 1 aromatic carbocycles. The van der Waals surface area contributed by atoms with Gasteiger partial charge >= 0.3 is 0 Å². The maximum Gasteiger partial charge on any atom is 0.224 e. The number of carbonyl (C=O) groups is 1. The van der Waals surface area contributed by atoms with E-state index >= 15 is 0 Å². The fraction of sp³-hybridized carbons (Fsp3) is 0.500. The average molecular weight is 268 g/mol. The zero-order valence-electron chi connectivity index (χ0n) is 10.3. The van der Waals surface area contributed by atoms with Gasteiger partial charge in [0.25, 0.3) is 0 Å². The standard InChI is InChI=1S/C14H18ClNO2/c15-12-6-2-1-5-11(12)9-13(18)16-14(10-17)7-3-4-8-14/h1-2,5-6,17H,3-4,7-10H2,(H,16,18). The van der Waals surface area contributed by atoms with Crippen LogP contribution < -0.4 is 5.32 Å². The van der Waals surface area contributed by atoms with Crippen molar-refractivity contribution in [2.24, 2.45) is 0 Å². The Hall–Kier alpha value is -1.06. The van der Waals surface area contributed by atoms with Gasteiger partial charge in [-0.3, -0.25) is 4.79 Å². The summed E-state index contributed by atoms with van der Waals surface area (Å²) in [5.41, 5.74) is 0.418. The summed E-state index contributed by atoms with van der Waals surface area (Å²) in [6.07, 6.45) is 4.11. The van der Waals surface area contributed by atoms with Gasteiger partial charge in [-0.2, -0.15) is 0 Å². The third-order valence-corrected chi connectivity index (χ3v) is 3.95. The molecule has 1 aliphatic rings. The van der Waals surface area contributed by atoms with Gasteiger partial charge in [0, 0.05) is 5.02 Å². The third-order valence-electron chi connectivity index (χ3n) is 3.58. The van der Waals surface area contributed by atoms with Crippen molar-refractivity contribution in [1.82, 2.24) is 5.32 Å². The van der Waals surface area contributed by atoms with Crippen LogP contribution in [-0.2, 0) is 11.2 Å². The minimum atomic E-state index is -0.404. The van der Waals surface area contributed by atoms with E-state index < -0.39 is 5.54 Å². The van der Waals surface area contributed by atoms with Crippen LogP contribution in [0.15, 0.2) is 24.3 Å². The van der Waals surface area contributed by atoms with Crippen molar-refractivity contribution >= 4 is 17.5 Å². The van der Waals surface area contributed by atoms with E-state index in [-0.39, 0.29) is 18.9 Å². The van der Waals surface area contributed by atoms with E-state index in [1.807, 2.05) is 18.2 Å². The van der Waals surface area contributed by atoms with Crippen molar-refractivity contribution < 1.29 is 9.90 Å². The lowest BCUT2D eigenvalue weighted by Gasteiger charge is -2.28. The van der Waals surface area contributed by atoms with E-state index in [4.69, 9.17) is 11.6 Å². The summed E-state index contributed by atoms with van der Waals surface area (Å²) in [6, 6.07) is 7.34. The van der Waals surface area contributed by atoms with Crippen molar-refractivity contribution in [3.05, 3.63) is 34.9 Å². The molecule has 3 nitrogen and oxygen atoms in total. The SMILES string of the molecule is O=C(Cc1ccccc1Cl)NC1(CO)CCCC1. The predicted molar refractivity (Wildman–Crippen MR) is 71.6 cm³/mol. The molecule has 98 valence electrons. The largest absolute Gasteiger partial charge is 0.394 e. The molecule has 0 spiro atoms. The van der Waals surface area contributed by atoms with Gasteiger partial charge in [-0.25, -0.2) is 0 Å². The first-order chi connectivity index (χ1) is 8.65. The number of halogens is 1. The van der Waals surface area contributed by atoms with E-state index in [9.17, 15) is 9.90 Å². The van der Waals surface area contributed by atoms with E-state index in [2.05, 4.69) is 5.32 Å². The summed E-state index contributed by atoms with van der Waals surface area (Å²) in [6.45, 7) is 0.0151. The summed E-state index contributed by atoms with van der Waals surface area (Å²) < 4.78 is 0. The number of benzene rings is 1. The number of hydrogen-bond donors (Lipinski definition) is 2. The molecule has 0 aliphatic heterocycles. The second kappa shape index (κ2) is 5.72. The van der Waals surface area contributed by atoms with Crippen LogP contribution in [0.1, 0.15) is 31.2 Å². The lowest BCUT2D eigenvalue weighted by Crippen LogP contribution is -2.49. The fourth-order valence-corrected chi connectivity index (χ4v) is 2.73. The zero-order chi connectivity index (χ0) is 13.0. The Morgan fingerprint density at radius 1 is 1.33 bits per heavy atom. The van der Waals surface area contributed by atoms with Crippen molar-refractivity contribution in [2.75, 3.05) is 6.61 Å². The molecule has 0 unspecified atom stereocenters. The molecule has 4 heteroatoms. The van der Waals surface area contributed by atoms with Gasteiger partial charge in [0.2, 0.25) is 5.91 Å². The lowest BCUT2D eigenvalue weighted by molar-refractivity contribution is -0.122. The minimum Gasteiger partial charge on any atom is -0.394 e. The molecule has 1 aromatic rings. The summed E-state index contributed by atoms with van der Waals surface area (Å²) in [5.74, 6) is -0.0703. The Bertz CT molecular complexity index is 428. The first-order valence-corrected chi connectivity index (χ1v) is 6.68. The summed E-state index contributed by atoms with van der Waals surface area (Å²) in [7, 11) is 0. The van der Waals surface area contributed by atoms with Gasteiger partial charge in [-0.15, -0.1) is 0 Å². The summed E-state index contributed by atoms with van der Waals surface area (Å²) >= 11 is 6.02. The molecule has 0 atom stereocenters. The van der Waals surface area contributed by atoms with Gasteiger partial charge in [0.15, 0.2) is 0 Å².